The first-order valence-electron chi connectivity index (χ1n) is 6.69. The van der Waals surface area contributed by atoms with Crippen molar-refractivity contribution in [3.05, 3.63) is 59.7 Å². The van der Waals surface area contributed by atoms with Crippen molar-refractivity contribution in [1.82, 2.24) is 0 Å². The molecule has 1 aliphatic carbocycles. The zero-order chi connectivity index (χ0) is 14.1. The van der Waals surface area contributed by atoms with E-state index in [1.165, 1.54) is 5.56 Å². The van der Waals surface area contributed by atoms with Crippen LogP contribution < -0.4 is 17.2 Å². The molecule has 0 amide bonds. The van der Waals surface area contributed by atoms with Crippen LogP contribution in [0, 0.1) is 0 Å². The largest absolute Gasteiger partial charge is 0.397 e. The summed E-state index contributed by atoms with van der Waals surface area (Å²) in [6.07, 6.45) is 1.05. The minimum atomic E-state index is 0.274. The molecular formula is C16H18N4. The molecule has 1 fully saturated rings. The van der Waals surface area contributed by atoms with E-state index < -0.39 is 0 Å². The summed E-state index contributed by atoms with van der Waals surface area (Å²) in [6, 6.07) is 16.1. The molecule has 0 saturated heterocycles. The Morgan fingerprint density at radius 1 is 1.00 bits per heavy atom. The number of hydrogen-bond acceptors (Lipinski definition) is 3. The molecule has 2 atom stereocenters. The molecule has 0 radical (unpaired) electrons. The summed E-state index contributed by atoms with van der Waals surface area (Å²) in [7, 11) is 0. The van der Waals surface area contributed by atoms with E-state index in [9.17, 15) is 0 Å². The lowest BCUT2D eigenvalue weighted by Gasteiger charge is -2.05. The van der Waals surface area contributed by atoms with Gasteiger partial charge in [-0.05, 0) is 30.2 Å². The van der Waals surface area contributed by atoms with E-state index in [1.807, 2.05) is 12.1 Å². The Morgan fingerprint density at radius 2 is 1.75 bits per heavy atom. The van der Waals surface area contributed by atoms with Gasteiger partial charge in [-0.25, -0.2) is 0 Å². The molecular weight excluding hydrogens is 248 g/mol. The monoisotopic (exact) mass is 266 g/mol. The standard InChI is InChI=1S/C16H18N4/c17-13-7-6-11(8-14(13)18)16(19)20-15-9-12(15)10-4-2-1-3-5-10/h1-8,12,15H,9,17-18H2,(H2,19,20)/t12-,15+/m0/s1. The number of aliphatic imine (C=N–C) groups is 1. The zero-order valence-corrected chi connectivity index (χ0v) is 11.2. The average Bonchev–Trinajstić information content (AvgIpc) is 3.22. The number of nitrogen functional groups attached to an aromatic ring is 2. The highest BCUT2D eigenvalue weighted by atomic mass is 14.9. The molecule has 0 aliphatic heterocycles. The number of benzene rings is 2. The van der Waals surface area contributed by atoms with Crippen LogP contribution in [0.5, 0.6) is 0 Å². The van der Waals surface area contributed by atoms with Crippen LogP contribution in [-0.2, 0) is 0 Å². The normalized spacial score (nSPS) is 21.7. The number of amidine groups is 1. The summed E-state index contributed by atoms with van der Waals surface area (Å²) in [4.78, 5) is 4.59. The van der Waals surface area contributed by atoms with Gasteiger partial charge in [-0.1, -0.05) is 30.3 Å². The van der Waals surface area contributed by atoms with Gasteiger partial charge in [0.05, 0.1) is 17.4 Å². The predicted molar refractivity (Wildman–Crippen MR) is 83.6 cm³/mol. The summed E-state index contributed by atoms with van der Waals surface area (Å²) in [6.45, 7) is 0. The molecule has 1 aliphatic rings. The molecule has 0 spiro atoms. The van der Waals surface area contributed by atoms with Crippen molar-refractivity contribution in [3.8, 4) is 0 Å². The van der Waals surface area contributed by atoms with E-state index >= 15 is 0 Å². The second-order valence-corrected chi connectivity index (χ2v) is 5.18. The fourth-order valence-corrected chi connectivity index (χ4v) is 2.37. The SMILES string of the molecule is NC(=N[C@@H]1C[C@H]1c1ccccc1)c1ccc(N)c(N)c1. The van der Waals surface area contributed by atoms with Crippen molar-refractivity contribution in [2.24, 2.45) is 10.7 Å². The first-order chi connectivity index (χ1) is 9.65. The molecule has 0 aromatic heterocycles. The number of anilines is 2. The molecule has 20 heavy (non-hydrogen) atoms. The molecule has 6 N–H and O–H groups in total. The minimum absolute atomic E-state index is 0.274. The smallest absolute Gasteiger partial charge is 0.125 e. The number of nitrogens with zero attached hydrogens (tertiary/aromatic N) is 1. The molecule has 4 nitrogen and oxygen atoms in total. The minimum Gasteiger partial charge on any atom is -0.397 e. The quantitative estimate of drug-likeness (QED) is 0.451. The van der Waals surface area contributed by atoms with E-state index in [1.54, 1.807) is 12.1 Å². The zero-order valence-electron chi connectivity index (χ0n) is 11.2. The van der Waals surface area contributed by atoms with Crippen molar-refractivity contribution >= 4 is 17.2 Å². The molecule has 2 aromatic carbocycles. The number of rotatable bonds is 3. The van der Waals surface area contributed by atoms with Crippen molar-refractivity contribution < 1.29 is 0 Å². The first kappa shape index (κ1) is 12.5. The van der Waals surface area contributed by atoms with Crippen LogP contribution in [0.1, 0.15) is 23.5 Å². The lowest BCUT2D eigenvalue weighted by Crippen LogP contribution is -2.15. The van der Waals surface area contributed by atoms with Gasteiger partial charge >= 0.3 is 0 Å². The predicted octanol–water partition coefficient (Wildman–Crippen LogP) is 2.11. The van der Waals surface area contributed by atoms with Gasteiger partial charge in [-0.2, -0.15) is 0 Å². The van der Waals surface area contributed by atoms with Gasteiger partial charge in [0.2, 0.25) is 0 Å². The summed E-state index contributed by atoms with van der Waals surface area (Å²) < 4.78 is 0. The van der Waals surface area contributed by atoms with Crippen LogP contribution in [0.15, 0.2) is 53.5 Å². The maximum atomic E-state index is 6.05. The van der Waals surface area contributed by atoms with Gasteiger partial charge in [0.1, 0.15) is 5.84 Å². The van der Waals surface area contributed by atoms with Gasteiger partial charge in [0.25, 0.3) is 0 Å². The lowest BCUT2D eigenvalue weighted by atomic mass is 10.1. The fraction of sp³-hybridized carbons (Fsp3) is 0.188. The van der Waals surface area contributed by atoms with Gasteiger partial charge < -0.3 is 17.2 Å². The highest BCUT2D eigenvalue weighted by Gasteiger charge is 2.38. The van der Waals surface area contributed by atoms with Gasteiger partial charge in [-0.15, -0.1) is 0 Å². The topological polar surface area (TPSA) is 90.4 Å². The highest BCUT2D eigenvalue weighted by Crippen LogP contribution is 2.43. The molecule has 2 aromatic rings. The fourth-order valence-electron chi connectivity index (χ4n) is 2.37. The summed E-state index contributed by atoms with van der Waals surface area (Å²) in [5.41, 5.74) is 20.8. The van der Waals surface area contributed by atoms with Crippen molar-refractivity contribution in [2.45, 2.75) is 18.4 Å². The van der Waals surface area contributed by atoms with E-state index in [0.717, 1.165) is 12.0 Å². The Labute approximate surface area is 118 Å². The molecule has 1 saturated carbocycles. The van der Waals surface area contributed by atoms with Gasteiger partial charge in [-0.3, -0.25) is 4.99 Å². The summed E-state index contributed by atoms with van der Waals surface area (Å²) >= 11 is 0. The average molecular weight is 266 g/mol. The summed E-state index contributed by atoms with van der Waals surface area (Å²) in [5.74, 6) is 1.01. The number of hydrogen-bond donors (Lipinski definition) is 3. The maximum Gasteiger partial charge on any atom is 0.125 e. The van der Waals surface area contributed by atoms with Gasteiger partial charge in [0, 0.05) is 11.5 Å². The third-order valence-corrected chi connectivity index (χ3v) is 3.67. The third kappa shape index (κ3) is 2.45. The molecule has 3 rings (SSSR count). The van der Waals surface area contributed by atoms with E-state index in [-0.39, 0.29) is 6.04 Å². The molecule has 0 heterocycles. The van der Waals surface area contributed by atoms with Crippen LogP contribution in [0.2, 0.25) is 0 Å². The maximum absolute atomic E-state index is 6.05. The Morgan fingerprint density at radius 3 is 2.45 bits per heavy atom. The Bertz CT molecular complexity index is 649. The highest BCUT2D eigenvalue weighted by molar-refractivity contribution is 5.99. The second kappa shape index (κ2) is 4.89. The van der Waals surface area contributed by atoms with Crippen molar-refractivity contribution in [2.75, 3.05) is 11.5 Å². The lowest BCUT2D eigenvalue weighted by molar-refractivity contribution is 0.986. The van der Waals surface area contributed by atoms with E-state index in [0.29, 0.717) is 23.1 Å². The first-order valence-corrected chi connectivity index (χ1v) is 6.69. The number of nitrogens with two attached hydrogens (primary N) is 3. The Kier molecular flexibility index (Phi) is 3.06. The molecule has 0 unspecified atom stereocenters. The van der Waals surface area contributed by atoms with Crippen LogP contribution in [0.25, 0.3) is 0 Å². The van der Waals surface area contributed by atoms with Crippen LogP contribution in [0.3, 0.4) is 0 Å². The molecule has 4 heteroatoms. The van der Waals surface area contributed by atoms with E-state index in [4.69, 9.17) is 17.2 Å². The van der Waals surface area contributed by atoms with Crippen LogP contribution in [0.4, 0.5) is 11.4 Å². The van der Waals surface area contributed by atoms with Crippen molar-refractivity contribution in [1.29, 1.82) is 0 Å². The van der Waals surface area contributed by atoms with Crippen LogP contribution in [-0.4, -0.2) is 11.9 Å². The Balaban J connectivity index is 1.75. The van der Waals surface area contributed by atoms with Gasteiger partial charge in [0.15, 0.2) is 0 Å². The second-order valence-electron chi connectivity index (χ2n) is 5.18. The summed E-state index contributed by atoms with van der Waals surface area (Å²) in [5, 5.41) is 0. The van der Waals surface area contributed by atoms with Crippen LogP contribution >= 0.6 is 0 Å². The van der Waals surface area contributed by atoms with Crippen molar-refractivity contribution in [3.63, 3.8) is 0 Å². The molecule has 102 valence electrons. The van der Waals surface area contributed by atoms with E-state index in [2.05, 4.69) is 29.3 Å². The Hall–Kier alpha value is -2.49. The third-order valence-electron chi connectivity index (χ3n) is 3.67. The molecule has 0 bridgehead atoms.